The van der Waals surface area contributed by atoms with E-state index in [1.54, 1.807) is 0 Å². The smallest absolute Gasteiger partial charge is 0.0723 e. The molecule has 0 aromatic rings. The van der Waals surface area contributed by atoms with Crippen LogP contribution in [0, 0.1) is 17.3 Å². The fourth-order valence-electron chi connectivity index (χ4n) is 4.47. The summed E-state index contributed by atoms with van der Waals surface area (Å²) in [5.41, 5.74) is -0.844. The molecule has 0 aromatic heterocycles. The van der Waals surface area contributed by atoms with Gasteiger partial charge in [-0.3, -0.25) is 0 Å². The molecule has 2 nitrogen and oxygen atoms in total. The molecule has 3 fully saturated rings. The van der Waals surface area contributed by atoms with E-state index in [0.29, 0.717) is 5.92 Å². The van der Waals surface area contributed by atoms with Crippen LogP contribution in [0.25, 0.3) is 0 Å². The molecule has 3 aliphatic carbocycles. The highest BCUT2D eigenvalue weighted by Crippen LogP contribution is 2.58. The number of aliphatic hydroxyl groups is 2. The van der Waals surface area contributed by atoms with Crippen LogP contribution in [0.4, 0.5) is 0 Å². The Hall–Kier alpha value is -0.0800. The van der Waals surface area contributed by atoms with Crippen molar-refractivity contribution in [3.8, 4) is 0 Å². The predicted molar refractivity (Wildman–Crippen MR) is 65.1 cm³/mol. The van der Waals surface area contributed by atoms with Crippen LogP contribution in [0.2, 0.25) is 0 Å². The summed E-state index contributed by atoms with van der Waals surface area (Å²) in [6, 6.07) is 0. The highest BCUT2D eigenvalue weighted by molar-refractivity contribution is 5.06. The van der Waals surface area contributed by atoms with Crippen molar-refractivity contribution < 1.29 is 10.2 Å². The quantitative estimate of drug-likeness (QED) is 0.774. The molecule has 0 spiro atoms. The van der Waals surface area contributed by atoms with Gasteiger partial charge in [0, 0.05) is 5.41 Å². The largest absolute Gasteiger partial charge is 0.396 e. The standard InChI is InChI=1S/C14H26O2/c1-3-14(16,4-2)13(10-15)9-11-5-7-12(13)8-6-11/h11-12,15-16H,3-10H2,1-2H3. The molecule has 16 heavy (non-hydrogen) atoms. The van der Waals surface area contributed by atoms with Crippen molar-refractivity contribution in [3.63, 3.8) is 0 Å². The highest BCUT2D eigenvalue weighted by Gasteiger charge is 2.56. The zero-order valence-corrected chi connectivity index (χ0v) is 10.7. The van der Waals surface area contributed by atoms with Crippen LogP contribution >= 0.6 is 0 Å². The lowest BCUT2D eigenvalue weighted by Gasteiger charge is -2.58. The number of aliphatic hydroxyl groups excluding tert-OH is 1. The van der Waals surface area contributed by atoms with E-state index in [1.807, 2.05) is 0 Å². The van der Waals surface area contributed by atoms with Gasteiger partial charge in [0.05, 0.1) is 12.2 Å². The van der Waals surface area contributed by atoms with Crippen LogP contribution in [0.3, 0.4) is 0 Å². The van der Waals surface area contributed by atoms with E-state index in [1.165, 1.54) is 25.7 Å². The molecule has 3 rings (SSSR count). The molecule has 2 N–H and O–H groups in total. The lowest BCUT2D eigenvalue weighted by Crippen LogP contribution is -2.59. The zero-order chi connectivity index (χ0) is 11.8. The maximum Gasteiger partial charge on any atom is 0.0723 e. The average Bonchev–Trinajstić information content (AvgIpc) is 2.38. The van der Waals surface area contributed by atoms with E-state index in [0.717, 1.165) is 25.2 Å². The van der Waals surface area contributed by atoms with E-state index in [9.17, 15) is 10.2 Å². The Balaban J connectivity index is 2.31. The Morgan fingerprint density at radius 2 is 1.69 bits per heavy atom. The van der Waals surface area contributed by atoms with Crippen LogP contribution in [-0.2, 0) is 0 Å². The summed E-state index contributed by atoms with van der Waals surface area (Å²) in [6.45, 7) is 4.29. The van der Waals surface area contributed by atoms with Crippen molar-refractivity contribution in [2.45, 2.75) is 64.4 Å². The lowest BCUT2D eigenvalue weighted by atomic mass is 9.49. The average molecular weight is 226 g/mol. The number of fused-ring (bicyclic) bond motifs is 3. The van der Waals surface area contributed by atoms with Crippen LogP contribution in [-0.4, -0.2) is 22.4 Å². The zero-order valence-electron chi connectivity index (χ0n) is 10.7. The molecule has 0 aromatic carbocycles. The summed E-state index contributed by atoms with van der Waals surface area (Å²) in [4.78, 5) is 0. The van der Waals surface area contributed by atoms with Crippen molar-refractivity contribution in [3.05, 3.63) is 0 Å². The van der Waals surface area contributed by atoms with E-state index in [-0.39, 0.29) is 12.0 Å². The SMILES string of the molecule is CCC(O)(CC)C1(CO)CC2CCC1CC2. The Morgan fingerprint density at radius 1 is 1.12 bits per heavy atom. The molecule has 0 aliphatic heterocycles. The molecule has 0 amide bonds. The van der Waals surface area contributed by atoms with Crippen molar-refractivity contribution in [1.82, 2.24) is 0 Å². The van der Waals surface area contributed by atoms with Gasteiger partial charge in [0.1, 0.15) is 0 Å². The Kier molecular flexibility index (Phi) is 3.33. The molecule has 3 saturated carbocycles. The third-order valence-corrected chi connectivity index (χ3v) is 5.66. The molecule has 1 unspecified atom stereocenters. The van der Waals surface area contributed by atoms with E-state index < -0.39 is 5.60 Å². The number of rotatable bonds is 4. The van der Waals surface area contributed by atoms with Crippen molar-refractivity contribution in [2.75, 3.05) is 6.61 Å². The Labute approximate surface area is 99.1 Å². The van der Waals surface area contributed by atoms with Crippen molar-refractivity contribution >= 4 is 0 Å². The summed E-state index contributed by atoms with van der Waals surface area (Å²) in [5.74, 6) is 1.30. The summed E-state index contributed by atoms with van der Waals surface area (Å²) < 4.78 is 0. The second kappa shape index (κ2) is 4.30. The van der Waals surface area contributed by atoms with Crippen LogP contribution in [0.5, 0.6) is 0 Å². The van der Waals surface area contributed by atoms with Gasteiger partial charge in [0.15, 0.2) is 0 Å². The van der Waals surface area contributed by atoms with E-state index in [4.69, 9.17) is 0 Å². The number of hydrogen-bond donors (Lipinski definition) is 2. The summed E-state index contributed by atoms with van der Waals surface area (Å²) in [7, 11) is 0. The first-order valence-electron chi connectivity index (χ1n) is 6.95. The first-order valence-corrected chi connectivity index (χ1v) is 6.95. The molecule has 2 heteroatoms. The summed E-state index contributed by atoms with van der Waals surface area (Å²) >= 11 is 0. The maximum atomic E-state index is 10.9. The fraction of sp³-hybridized carbons (Fsp3) is 1.00. The van der Waals surface area contributed by atoms with E-state index >= 15 is 0 Å². The summed E-state index contributed by atoms with van der Waals surface area (Å²) in [5, 5.41) is 20.8. The van der Waals surface area contributed by atoms with Crippen LogP contribution in [0.1, 0.15) is 58.8 Å². The third-order valence-electron chi connectivity index (χ3n) is 5.66. The van der Waals surface area contributed by atoms with Gasteiger partial charge in [0.2, 0.25) is 0 Å². The monoisotopic (exact) mass is 226 g/mol. The van der Waals surface area contributed by atoms with Gasteiger partial charge in [-0.1, -0.05) is 26.7 Å². The molecule has 1 atom stereocenters. The number of hydrogen-bond acceptors (Lipinski definition) is 2. The van der Waals surface area contributed by atoms with Gasteiger partial charge < -0.3 is 10.2 Å². The molecule has 2 bridgehead atoms. The third kappa shape index (κ3) is 1.53. The highest BCUT2D eigenvalue weighted by atomic mass is 16.3. The van der Waals surface area contributed by atoms with Crippen LogP contribution < -0.4 is 0 Å². The van der Waals surface area contributed by atoms with E-state index in [2.05, 4.69) is 13.8 Å². The van der Waals surface area contributed by atoms with Crippen molar-refractivity contribution in [1.29, 1.82) is 0 Å². The normalized spacial score (nSPS) is 39.0. The van der Waals surface area contributed by atoms with Gasteiger partial charge in [-0.25, -0.2) is 0 Å². The fourth-order valence-corrected chi connectivity index (χ4v) is 4.47. The van der Waals surface area contributed by atoms with Gasteiger partial charge in [0.25, 0.3) is 0 Å². The van der Waals surface area contributed by atoms with Gasteiger partial charge in [-0.15, -0.1) is 0 Å². The first kappa shape index (κ1) is 12.4. The molecular weight excluding hydrogens is 200 g/mol. The summed E-state index contributed by atoms with van der Waals surface area (Å²) in [6.07, 6.45) is 7.65. The molecular formula is C14H26O2. The van der Waals surface area contributed by atoms with Gasteiger partial charge in [-0.05, 0) is 43.9 Å². The first-order chi connectivity index (χ1) is 7.62. The predicted octanol–water partition coefficient (Wildman–Crippen LogP) is 2.73. The van der Waals surface area contributed by atoms with Gasteiger partial charge >= 0.3 is 0 Å². The lowest BCUT2D eigenvalue weighted by molar-refractivity contribution is -0.186. The Morgan fingerprint density at radius 3 is 2.00 bits per heavy atom. The Bertz CT molecular complexity index is 239. The molecule has 0 saturated heterocycles. The second-order valence-corrected chi connectivity index (χ2v) is 5.97. The minimum atomic E-state index is -0.647. The molecule has 0 heterocycles. The molecule has 0 radical (unpaired) electrons. The van der Waals surface area contributed by atoms with Gasteiger partial charge in [-0.2, -0.15) is 0 Å². The molecule has 94 valence electrons. The molecule has 3 aliphatic rings. The topological polar surface area (TPSA) is 40.5 Å². The second-order valence-electron chi connectivity index (χ2n) is 5.97. The maximum absolute atomic E-state index is 10.9. The minimum Gasteiger partial charge on any atom is -0.396 e. The van der Waals surface area contributed by atoms with Crippen LogP contribution in [0.15, 0.2) is 0 Å². The van der Waals surface area contributed by atoms with Crippen molar-refractivity contribution in [2.24, 2.45) is 17.3 Å². The minimum absolute atomic E-state index is 0.173.